The van der Waals surface area contributed by atoms with E-state index in [2.05, 4.69) is 5.10 Å². The number of carbonyl (C=O) groups excluding carboxylic acids is 1. The summed E-state index contributed by atoms with van der Waals surface area (Å²) in [5.41, 5.74) is -0.691. The molecular formula is C13H9ClFN3O3. The zero-order valence-electron chi connectivity index (χ0n) is 10.8. The highest BCUT2D eigenvalue weighted by atomic mass is 35.5. The summed E-state index contributed by atoms with van der Waals surface area (Å²) in [4.78, 5) is 22.1. The summed E-state index contributed by atoms with van der Waals surface area (Å²) in [6, 6.07) is 4.09. The Balaban J connectivity index is 2.34. The van der Waals surface area contributed by atoms with Crippen molar-refractivity contribution in [1.29, 1.82) is 0 Å². The second-order valence-corrected chi connectivity index (χ2v) is 4.53. The van der Waals surface area contributed by atoms with E-state index in [0.29, 0.717) is 0 Å². The lowest BCUT2D eigenvalue weighted by atomic mass is 10.1. The zero-order chi connectivity index (χ0) is 15.6. The van der Waals surface area contributed by atoms with Crippen LogP contribution in [0.4, 0.5) is 10.1 Å². The first-order chi connectivity index (χ1) is 9.90. The Morgan fingerprint density at radius 1 is 1.52 bits per heavy atom. The van der Waals surface area contributed by atoms with E-state index in [-0.39, 0.29) is 16.3 Å². The van der Waals surface area contributed by atoms with Crippen molar-refractivity contribution in [2.75, 3.05) is 0 Å². The number of benzene rings is 1. The van der Waals surface area contributed by atoms with Crippen LogP contribution in [0.5, 0.6) is 0 Å². The van der Waals surface area contributed by atoms with E-state index in [9.17, 15) is 19.3 Å². The fraction of sp³-hybridized carbons (Fsp3) is 0.0769. The molecule has 0 unspecified atom stereocenters. The molecule has 1 heterocycles. The van der Waals surface area contributed by atoms with Gasteiger partial charge in [0.05, 0.1) is 9.95 Å². The number of nitrogens with zero attached hydrogens (tertiary/aromatic N) is 3. The number of halogens is 2. The first-order valence-electron chi connectivity index (χ1n) is 5.74. The fourth-order valence-electron chi connectivity index (χ4n) is 1.69. The molecule has 0 radical (unpaired) electrons. The molecule has 1 aromatic heterocycles. The van der Waals surface area contributed by atoms with Crippen LogP contribution in [0.3, 0.4) is 0 Å². The van der Waals surface area contributed by atoms with Gasteiger partial charge in [-0.15, -0.1) is 0 Å². The van der Waals surface area contributed by atoms with Crippen molar-refractivity contribution >= 4 is 29.1 Å². The molecule has 21 heavy (non-hydrogen) atoms. The van der Waals surface area contributed by atoms with E-state index in [0.717, 1.165) is 17.0 Å². The predicted molar refractivity (Wildman–Crippen MR) is 74.6 cm³/mol. The van der Waals surface area contributed by atoms with Crippen LogP contribution in [0.15, 0.2) is 30.5 Å². The third kappa shape index (κ3) is 3.14. The average Bonchev–Trinajstić information content (AvgIpc) is 2.80. The maximum absolute atomic E-state index is 13.5. The summed E-state index contributed by atoms with van der Waals surface area (Å²) in [5, 5.41) is 14.7. The van der Waals surface area contributed by atoms with Gasteiger partial charge in [-0.25, -0.2) is 4.39 Å². The number of ketones is 1. The van der Waals surface area contributed by atoms with E-state index in [1.165, 1.54) is 31.3 Å². The van der Waals surface area contributed by atoms with Gasteiger partial charge in [0.15, 0.2) is 0 Å². The van der Waals surface area contributed by atoms with Gasteiger partial charge < -0.3 is 0 Å². The molecule has 2 rings (SSSR count). The van der Waals surface area contributed by atoms with Gasteiger partial charge in [-0.3, -0.25) is 19.6 Å². The van der Waals surface area contributed by atoms with Gasteiger partial charge >= 0.3 is 5.69 Å². The Labute approximate surface area is 123 Å². The number of aryl methyl sites for hydroxylation is 1. The number of carbonyl (C=O) groups is 1. The maximum Gasteiger partial charge on any atom is 0.318 e. The van der Waals surface area contributed by atoms with E-state index in [1.54, 1.807) is 0 Å². The van der Waals surface area contributed by atoms with Crippen molar-refractivity contribution in [2.45, 2.75) is 0 Å². The number of hydrogen-bond acceptors (Lipinski definition) is 4. The zero-order valence-corrected chi connectivity index (χ0v) is 11.5. The third-order valence-corrected chi connectivity index (χ3v) is 2.97. The molecule has 0 saturated heterocycles. The Kier molecular flexibility index (Phi) is 4.13. The molecule has 0 saturated carbocycles. The Morgan fingerprint density at radius 3 is 2.86 bits per heavy atom. The minimum atomic E-state index is -0.707. The quantitative estimate of drug-likeness (QED) is 0.376. The molecule has 1 aromatic carbocycles. The van der Waals surface area contributed by atoms with Crippen LogP contribution in [0.25, 0.3) is 6.08 Å². The summed E-state index contributed by atoms with van der Waals surface area (Å²) >= 11 is 5.81. The summed E-state index contributed by atoms with van der Waals surface area (Å²) in [5.74, 6) is -1.30. The van der Waals surface area contributed by atoms with Gasteiger partial charge in [0, 0.05) is 12.6 Å². The molecule has 2 aromatic rings. The molecule has 0 amide bonds. The highest BCUT2D eigenvalue weighted by Gasteiger charge is 2.23. The van der Waals surface area contributed by atoms with Gasteiger partial charge in [0.2, 0.25) is 11.5 Å². The smallest absolute Gasteiger partial charge is 0.287 e. The largest absolute Gasteiger partial charge is 0.318 e. The first-order valence-corrected chi connectivity index (χ1v) is 6.12. The lowest BCUT2D eigenvalue weighted by Crippen LogP contribution is -2.01. The molecule has 6 nitrogen and oxygen atoms in total. The van der Waals surface area contributed by atoms with E-state index in [4.69, 9.17) is 11.6 Å². The minimum absolute atomic E-state index is 0.0334. The van der Waals surface area contributed by atoms with Crippen molar-refractivity contribution < 1.29 is 14.1 Å². The van der Waals surface area contributed by atoms with Crippen LogP contribution in [0.2, 0.25) is 5.02 Å². The van der Waals surface area contributed by atoms with Crippen molar-refractivity contribution in [3.8, 4) is 0 Å². The minimum Gasteiger partial charge on any atom is -0.287 e. The second-order valence-electron chi connectivity index (χ2n) is 4.13. The topological polar surface area (TPSA) is 78.0 Å². The fourth-order valence-corrected chi connectivity index (χ4v) is 1.92. The lowest BCUT2D eigenvalue weighted by Gasteiger charge is -1.98. The summed E-state index contributed by atoms with van der Waals surface area (Å²) in [6.07, 6.45) is 3.29. The average molecular weight is 310 g/mol. The standard InChI is InChI=1S/C13H9ClFN3O3/c1-17-7-11(18(20)21)13(16-17)12(19)6-5-8-9(14)3-2-4-10(8)15/h2-7H,1H3/b6-5+. The van der Waals surface area contributed by atoms with Crippen LogP contribution in [0, 0.1) is 15.9 Å². The lowest BCUT2D eigenvalue weighted by molar-refractivity contribution is -0.385. The van der Waals surface area contributed by atoms with Crippen LogP contribution in [0.1, 0.15) is 16.1 Å². The van der Waals surface area contributed by atoms with Gasteiger partial charge in [0.25, 0.3) is 0 Å². The molecule has 0 aliphatic carbocycles. The molecule has 108 valence electrons. The van der Waals surface area contributed by atoms with E-state index < -0.39 is 22.2 Å². The molecule has 8 heteroatoms. The highest BCUT2D eigenvalue weighted by molar-refractivity contribution is 6.32. The van der Waals surface area contributed by atoms with Crippen molar-refractivity contribution in [1.82, 2.24) is 9.78 Å². The normalized spacial score (nSPS) is 11.0. The molecule has 0 aliphatic heterocycles. The van der Waals surface area contributed by atoms with Gasteiger partial charge in [-0.1, -0.05) is 17.7 Å². The molecule has 0 atom stereocenters. The summed E-state index contributed by atoms with van der Waals surface area (Å²) in [7, 11) is 1.46. The van der Waals surface area contributed by atoms with Crippen LogP contribution in [-0.2, 0) is 7.05 Å². The van der Waals surface area contributed by atoms with Crippen LogP contribution in [-0.4, -0.2) is 20.5 Å². The molecule has 0 bridgehead atoms. The van der Waals surface area contributed by atoms with Gasteiger partial charge in [-0.05, 0) is 24.3 Å². The third-order valence-electron chi connectivity index (χ3n) is 2.64. The van der Waals surface area contributed by atoms with Crippen LogP contribution < -0.4 is 0 Å². The van der Waals surface area contributed by atoms with Crippen molar-refractivity contribution in [3.05, 3.63) is 62.7 Å². The number of hydrogen-bond donors (Lipinski definition) is 0. The first kappa shape index (κ1) is 14.9. The number of aromatic nitrogens is 2. The SMILES string of the molecule is Cn1cc([N+](=O)[O-])c(C(=O)/C=C/c2c(F)cccc2Cl)n1. The number of allylic oxidation sites excluding steroid dienone is 1. The van der Waals surface area contributed by atoms with Crippen molar-refractivity contribution in [3.63, 3.8) is 0 Å². The Hall–Kier alpha value is -2.54. The van der Waals surface area contributed by atoms with Gasteiger partial charge in [-0.2, -0.15) is 5.10 Å². The Bertz CT molecular complexity index is 735. The number of nitro groups is 1. The van der Waals surface area contributed by atoms with Crippen LogP contribution >= 0.6 is 11.6 Å². The highest BCUT2D eigenvalue weighted by Crippen LogP contribution is 2.22. The van der Waals surface area contributed by atoms with Crippen molar-refractivity contribution in [2.24, 2.45) is 7.05 Å². The monoisotopic (exact) mass is 309 g/mol. The summed E-state index contributed by atoms with van der Waals surface area (Å²) < 4.78 is 14.7. The van der Waals surface area contributed by atoms with Gasteiger partial charge in [0.1, 0.15) is 12.0 Å². The molecule has 0 aliphatic rings. The maximum atomic E-state index is 13.5. The molecule has 0 spiro atoms. The van der Waals surface area contributed by atoms with E-state index >= 15 is 0 Å². The summed E-state index contributed by atoms with van der Waals surface area (Å²) in [6.45, 7) is 0. The number of rotatable bonds is 4. The molecular weight excluding hydrogens is 301 g/mol. The predicted octanol–water partition coefficient (Wildman–Crippen LogP) is 3.02. The van der Waals surface area contributed by atoms with E-state index in [1.807, 2.05) is 0 Å². The molecule has 0 fully saturated rings. The molecule has 0 N–H and O–H groups in total. The second kappa shape index (κ2) is 5.84. The Morgan fingerprint density at radius 2 is 2.24 bits per heavy atom.